The monoisotopic (exact) mass is 360 g/mol. The van der Waals surface area contributed by atoms with Crippen LogP contribution in [0.5, 0.6) is 0 Å². The average molecular weight is 362 g/mol. The molecule has 104 valence electrons. The van der Waals surface area contributed by atoms with Gasteiger partial charge < -0.3 is 5.32 Å². The Morgan fingerprint density at radius 2 is 2.20 bits per heavy atom. The molecule has 1 N–H and O–H groups in total. The highest BCUT2D eigenvalue weighted by molar-refractivity contribution is 9.10. The molecule has 6 nitrogen and oxygen atoms in total. The van der Waals surface area contributed by atoms with Crippen LogP contribution in [0, 0.1) is 15.9 Å². The van der Waals surface area contributed by atoms with Crippen molar-refractivity contribution in [1.29, 1.82) is 0 Å². The molecular weight excluding hydrogens is 355 g/mol. The summed E-state index contributed by atoms with van der Waals surface area (Å²) in [5.41, 5.74) is -0.605. The molecule has 20 heavy (non-hydrogen) atoms. The van der Waals surface area contributed by atoms with E-state index in [1.807, 2.05) is 0 Å². The SMILES string of the molecule is CNc1ncc([N+](=O)[O-])c(-c2ccc(Br)c(Cl)c2F)n1. The van der Waals surface area contributed by atoms with Gasteiger partial charge in [0.25, 0.3) is 0 Å². The minimum absolute atomic E-state index is 0.0659. The molecule has 2 aromatic rings. The summed E-state index contributed by atoms with van der Waals surface area (Å²) in [6.45, 7) is 0. The van der Waals surface area contributed by atoms with Crippen LogP contribution in [-0.4, -0.2) is 21.9 Å². The van der Waals surface area contributed by atoms with E-state index >= 15 is 0 Å². The summed E-state index contributed by atoms with van der Waals surface area (Å²) in [5, 5.41) is 13.5. The van der Waals surface area contributed by atoms with Gasteiger partial charge in [0.2, 0.25) is 5.95 Å². The molecule has 0 aliphatic rings. The van der Waals surface area contributed by atoms with Gasteiger partial charge in [-0.05, 0) is 28.1 Å². The maximum atomic E-state index is 14.2. The largest absolute Gasteiger partial charge is 0.357 e. The number of benzene rings is 1. The van der Waals surface area contributed by atoms with Gasteiger partial charge in [-0.2, -0.15) is 0 Å². The number of hydrogen-bond acceptors (Lipinski definition) is 5. The summed E-state index contributed by atoms with van der Waals surface area (Å²) in [4.78, 5) is 18.0. The topological polar surface area (TPSA) is 81.0 Å². The molecule has 2 rings (SSSR count). The summed E-state index contributed by atoms with van der Waals surface area (Å²) >= 11 is 8.86. The zero-order chi connectivity index (χ0) is 14.9. The minimum atomic E-state index is -0.787. The summed E-state index contributed by atoms with van der Waals surface area (Å²) < 4.78 is 14.5. The van der Waals surface area contributed by atoms with E-state index in [1.165, 1.54) is 12.1 Å². The fourth-order valence-corrected chi connectivity index (χ4v) is 2.01. The van der Waals surface area contributed by atoms with Gasteiger partial charge in [0.15, 0.2) is 11.5 Å². The molecule has 0 radical (unpaired) electrons. The molecule has 0 fully saturated rings. The Morgan fingerprint density at radius 1 is 1.50 bits per heavy atom. The normalized spacial score (nSPS) is 10.4. The minimum Gasteiger partial charge on any atom is -0.357 e. The van der Waals surface area contributed by atoms with Crippen molar-refractivity contribution in [2.24, 2.45) is 0 Å². The molecule has 0 saturated heterocycles. The van der Waals surface area contributed by atoms with Crippen molar-refractivity contribution < 1.29 is 9.31 Å². The van der Waals surface area contributed by atoms with Crippen molar-refractivity contribution in [2.75, 3.05) is 12.4 Å². The lowest BCUT2D eigenvalue weighted by Gasteiger charge is -2.07. The van der Waals surface area contributed by atoms with Crippen LogP contribution in [0.4, 0.5) is 16.0 Å². The van der Waals surface area contributed by atoms with E-state index in [-0.39, 0.29) is 22.2 Å². The Bertz CT molecular complexity index is 698. The molecular formula is C11H7BrClFN4O2. The predicted octanol–water partition coefficient (Wildman–Crippen LogP) is 3.65. The van der Waals surface area contributed by atoms with Crippen LogP contribution in [0.1, 0.15) is 0 Å². The van der Waals surface area contributed by atoms with E-state index in [9.17, 15) is 14.5 Å². The lowest BCUT2D eigenvalue weighted by Crippen LogP contribution is -2.02. The highest BCUT2D eigenvalue weighted by Gasteiger charge is 2.23. The summed E-state index contributed by atoms with van der Waals surface area (Å²) in [5.74, 6) is -0.645. The highest BCUT2D eigenvalue weighted by atomic mass is 79.9. The van der Waals surface area contributed by atoms with Crippen LogP contribution in [0.2, 0.25) is 5.02 Å². The molecule has 0 saturated carbocycles. The Labute approximate surface area is 126 Å². The van der Waals surface area contributed by atoms with Crippen molar-refractivity contribution in [3.63, 3.8) is 0 Å². The number of rotatable bonds is 3. The standard InChI is InChI=1S/C11H7BrClFN4O2/c1-15-11-16-4-7(18(19)20)10(17-11)5-2-3-6(12)8(13)9(5)14/h2-4H,1H3,(H,15,16,17). The van der Waals surface area contributed by atoms with Crippen molar-refractivity contribution in [3.05, 3.63) is 43.8 Å². The number of nitro groups is 1. The van der Waals surface area contributed by atoms with Crippen LogP contribution in [-0.2, 0) is 0 Å². The summed E-state index contributed by atoms with van der Waals surface area (Å²) in [6, 6.07) is 2.85. The molecule has 0 amide bonds. The third kappa shape index (κ3) is 2.56. The molecule has 0 spiro atoms. The Hall–Kier alpha value is -1.80. The van der Waals surface area contributed by atoms with Gasteiger partial charge in [-0.15, -0.1) is 0 Å². The highest BCUT2D eigenvalue weighted by Crippen LogP contribution is 2.36. The van der Waals surface area contributed by atoms with E-state index in [4.69, 9.17) is 11.6 Å². The van der Waals surface area contributed by atoms with E-state index in [2.05, 4.69) is 31.2 Å². The average Bonchev–Trinajstić information content (AvgIpc) is 2.44. The van der Waals surface area contributed by atoms with Crippen molar-refractivity contribution in [2.45, 2.75) is 0 Å². The van der Waals surface area contributed by atoms with Gasteiger partial charge in [-0.3, -0.25) is 10.1 Å². The van der Waals surface area contributed by atoms with Gasteiger partial charge in [0.05, 0.1) is 9.95 Å². The van der Waals surface area contributed by atoms with Gasteiger partial charge in [0, 0.05) is 17.1 Å². The van der Waals surface area contributed by atoms with Crippen LogP contribution in [0.15, 0.2) is 22.8 Å². The maximum absolute atomic E-state index is 14.2. The third-order valence-corrected chi connectivity index (χ3v) is 3.74. The first-order chi connectivity index (χ1) is 9.45. The number of hydrogen-bond donors (Lipinski definition) is 1. The molecule has 0 aliphatic heterocycles. The fraction of sp³-hybridized carbons (Fsp3) is 0.0909. The van der Waals surface area contributed by atoms with Gasteiger partial charge >= 0.3 is 5.69 Å². The molecule has 9 heteroatoms. The van der Waals surface area contributed by atoms with Crippen molar-refractivity contribution in [1.82, 2.24) is 9.97 Å². The molecule has 0 bridgehead atoms. The smallest absolute Gasteiger partial charge is 0.313 e. The third-order valence-electron chi connectivity index (χ3n) is 2.48. The molecule has 1 aromatic carbocycles. The fourth-order valence-electron chi connectivity index (χ4n) is 1.54. The van der Waals surface area contributed by atoms with Crippen LogP contribution in [0.3, 0.4) is 0 Å². The second-order valence-electron chi connectivity index (χ2n) is 3.66. The number of aromatic nitrogens is 2. The Kier molecular flexibility index (Phi) is 4.15. The Morgan fingerprint density at radius 3 is 2.80 bits per heavy atom. The lowest BCUT2D eigenvalue weighted by molar-refractivity contribution is -0.384. The van der Waals surface area contributed by atoms with E-state index < -0.39 is 16.4 Å². The molecule has 0 unspecified atom stereocenters. The maximum Gasteiger partial charge on any atom is 0.313 e. The first-order valence-electron chi connectivity index (χ1n) is 5.28. The van der Waals surface area contributed by atoms with Crippen LogP contribution >= 0.6 is 27.5 Å². The number of halogens is 3. The lowest BCUT2D eigenvalue weighted by atomic mass is 10.1. The molecule has 1 heterocycles. The zero-order valence-corrected chi connectivity index (χ0v) is 12.4. The quantitative estimate of drug-likeness (QED) is 0.513. The summed E-state index contributed by atoms with van der Waals surface area (Å²) in [6.07, 6.45) is 1.02. The second-order valence-corrected chi connectivity index (χ2v) is 4.89. The van der Waals surface area contributed by atoms with Crippen molar-refractivity contribution in [3.8, 4) is 11.3 Å². The number of anilines is 1. The zero-order valence-electron chi connectivity index (χ0n) is 10.0. The van der Waals surface area contributed by atoms with Gasteiger partial charge in [-0.25, -0.2) is 14.4 Å². The second kappa shape index (κ2) is 5.68. The first kappa shape index (κ1) is 14.6. The summed E-state index contributed by atoms with van der Waals surface area (Å²) in [7, 11) is 1.55. The molecule has 0 atom stereocenters. The predicted molar refractivity (Wildman–Crippen MR) is 76.3 cm³/mol. The van der Waals surface area contributed by atoms with Gasteiger partial charge in [-0.1, -0.05) is 11.6 Å². The van der Waals surface area contributed by atoms with Crippen molar-refractivity contribution >= 4 is 39.2 Å². The van der Waals surface area contributed by atoms with Gasteiger partial charge in [0.1, 0.15) is 6.20 Å². The molecule has 1 aromatic heterocycles. The number of nitrogens with one attached hydrogen (secondary N) is 1. The Balaban J connectivity index is 2.73. The van der Waals surface area contributed by atoms with Crippen LogP contribution < -0.4 is 5.32 Å². The first-order valence-corrected chi connectivity index (χ1v) is 6.46. The van der Waals surface area contributed by atoms with E-state index in [0.29, 0.717) is 4.47 Å². The van der Waals surface area contributed by atoms with E-state index in [0.717, 1.165) is 6.20 Å². The van der Waals surface area contributed by atoms with E-state index in [1.54, 1.807) is 7.05 Å². The number of nitrogens with zero attached hydrogens (tertiary/aromatic N) is 3. The molecule has 0 aliphatic carbocycles. The van der Waals surface area contributed by atoms with Crippen LogP contribution in [0.25, 0.3) is 11.3 Å².